The third kappa shape index (κ3) is 6.65. The number of halogens is 2. The number of nitrogens with one attached hydrogen (secondary N) is 1. The van der Waals surface area contributed by atoms with Crippen LogP contribution in [0.3, 0.4) is 0 Å². The largest absolute Gasteiger partial charge is 0.480 e. The van der Waals surface area contributed by atoms with Crippen molar-refractivity contribution in [1.82, 2.24) is 9.97 Å². The highest BCUT2D eigenvalue weighted by atomic mass is 32.2. The molecule has 0 aliphatic rings. The molecule has 0 fully saturated rings. The predicted octanol–water partition coefficient (Wildman–Crippen LogP) is 7.26. The number of hydrogen-bond acceptors (Lipinski definition) is 7. The molecule has 43 heavy (non-hydrogen) atoms. The van der Waals surface area contributed by atoms with E-state index in [2.05, 4.69) is 20.8 Å². The van der Waals surface area contributed by atoms with E-state index >= 15 is 0 Å². The van der Waals surface area contributed by atoms with E-state index in [1.165, 1.54) is 19.4 Å². The first-order chi connectivity index (χ1) is 20.3. The average Bonchev–Trinajstić information content (AvgIpc) is 2.96. The molecule has 0 aliphatic heterocycles. The topological polar surface area (TPSA) is 131 Å². The van der Waals surface area contributed by atoms with Crippen molar-refractivity contribution in [2.75, 3.05) is 17.6 Å². The second-order valence-corrected chi connectivity index (χ2v) is 12.1. The van der Waals surface area contributed by atoms with Gasteiger partial charge in [-0.25, -0.2) is 27.2 Å². The maximum absolute atomic E-state index is 14.3. The molecule has 0 saturated heterocycles. The van der Waals surface area contributed by atoms with Crippen molar-refractivity contribution < 1.29 is 21.9 Å². The van der Waals surface area contributed by atoms with Gasteiger partial charge in [0.25, 0.3) is 10.0 Å². The number of sulfonamides is 1. The fourth-order valence-corrected chi connectivity index (χ4v) is 5.40. The summed E-state index contributed by atoms with van der Waals surface area (Å²) in [7, 11) is -3.11. The summed E-state index contributed by atoms with van der Waals surface area (Å²) < 4.78 is 61.1. The number of nitriles is 1. The zero-order valence-corrected chi connectivity index (χ0v) is 25.2. The molecule has 0 spiro atoms. The first-order valence-corrected chi connectivity index (χ1v) is 14.8. The number of methoxy groups -OCH3 is 1. The molecule has 2 aromatic heterocycles. The molecule has 0 amide bonds. The molecule has 0 saturated carbocycles. The zero-order valence-electron chi connectivity index (χ0n) is 24.4. The molecule has 222 valence electrons. The van der Waals surface area contributed by atoms with Gasteiger partial charge in [-0.15, -0.1) is 0 Å². The van der Waals surface area contributed by atoms with Crippen LogP contribution < -0.4 is 15.2 Å². The van der Waals surface area contributed by atoms with Gasteiger partial charge in [0.05, 0.1) is 24.1 Å². The number of benzene rings is 2. The molecule has 2 aromatic carbocycles. The van der Waals surface area contributed by atoms with Gasteiger partial charge in [-0.3, -0.25) is 4.72 Å². The number of pyridine rings is 2. The standard InChI is InChI=1S/C32H31F2N5O3S/c1-6-20(8-7-19(2)32(3,4)18-35)25-14-22-13-21(9-11-27(22)38-30(25)36)23-15-28(31(42-5)37-17-23)39-43(40,41)29-12-10-24(33)16-26(29)34/h7-17,39H,6H2,1-5H3,(H2,36,38). The summed E-state index contributed by atoms with van der Waals surface area (Å²) in [5.74, 6) is -1.79. The highest BCUT2D eigenvalue weighted by Crippen LogP contribution is 2.34. The molecule has 3 N–H and O–H groups in total. The molecular formula is C32H31F2N5O3S. The third-order valence-electron chi connectivity index (χ3n) is 7.18. The molecule has 8 nitrogen and oxygen atoms in total. The Balaban J connectivity index is 1.75. The Kier molecular flexibility index (Phi) is 8.82. The number of nitrogens with zero attached hydrogens (tertiary/aromatic N) is 3. The van der Waals surface area contributed by atoms with Gasteiger partial charge < -0.3 is 10.5 Å². The molecule has 2 heterocycles. The number of anilines is 2. The van der Waals surface area contributed by atoms with Gasteiger partial charge in [-0.05, 0) is 74.7 Å². The highest BCUT2D eigenvalue weighted by molar-refractivity contribution is 7.92. The predicted molar refractivity (Wildman–Crippen MR) is 165 cm³/mol. The maximum Gasteiger partial charge on any atom is 0.264 e. The summed E-state index contributed by atoms with van der Waals surface area (Å²) in [5.41, 5.74) is 10.2. The minimum Gasteiger partial charge on any atom is -0.480 e. The second-order valence-electron chi connectivity index (χ2n) is 10.4. The van der Waals surface area contributed by atoms with Crippen LogP contribution in [0.25, 0.3) is 27.6 Å². The van der Waals surface area contributed by atoms with E-state index in [-0.39, 0.29) is 11.6 Å². The van der Waals surface area contributed by atoms with Crippen molar-refractivity contribution in [2.24, 2.45) is 5.41 Å². The third-order valence-corrected chi connectivity index (χ3v) is 8.58. The van der Waals surface area contributed by atoms with E-state index in [0.717, 1.165) is 34.2 Å². The number of nitrogens with two attached hydrogens (primary N) is 1. The average molecular weight is 604 g/mol. The number of rotatable bonds is 9. The number of allylic oxidation sites excluding steroid dienone is 4. The van der Waals surface area contributed by atoms with Crippen molar-refractivity contribution in [3.63, 3.8) is 0 Å². The van der Waals surface area contributed by atoms with Crippen molar-refractivity contribution in [3.05, 3.63) is 89.7 Å². The SMILES string of the molecule is CCC(=CC=C(C)C(C)(C)C#N)c1cc2cc(-c3cnc(OC)c(NS(=O)(=O)c4ccc(F)cc4F)c3)ccc2nc1N. The zero-order chi connectivity index (χ0) is 31.5. The van der Waals surface area contributed by atoms with Gasteiger partial charge in [-0.2, -0.15) is 5.26 Å². The van der Waals surface area contributed by atoms with Gasteiger partial charge in [0, 0.05) is 28.8 Å². The van der Waals surface area contributed by atoms with Crippen LogP contribution in [-0.2, 0) is 10.0 Å². The van der Waals surface area contributed by atoms with Crippen LogP contribution in [0.4, 0.5) is 20.3 Å². The van der Waals surface area contributed by atoms with Crippen molar-refractivity contribution in [1.29, 1.82) is 5.26 Å². The first-order valence-electron chi connectivity index (χ1n) is 13.3. The molecule has 0 bridgehead atoms. The van der Waals surface area contributed by atoms with Crippen LogP contribution in [0.15, 0.2) is 77.3 Å². The Morgan fingerprint density at radius 2 is 1.86 bits per heavy atom. The Morgan fingerprint density at radius 3 is 2.51 bits per heavy atom. The highest BCUT2D eigenvalue weighted by Gasteiger charge is 2.23. The van der Waals surface area contributed by atoms with E-state index in [4.69, 9.17) is 10.5 Å². The fourth-order valence-electron chi connectivity index (χ4n) is 4.29. The number of aromatic nitrogens is 2. The molecule has 0 aliphatic carbocycles. The Morgan fingerprint density at radius 1 is 1.12 bits per heavy atom. The van der Waals surface area contributed by atoms with Crippen LogP contribution in [0.5, 0.6) is 5.88 Å². The van der Waals surface area contributed by atoms with Crippen LogP contribution in [0.2, 0.25) is 0 Å². The molecule has 4 rings (SSSR count). The molecule has 4 aromatic rings. The minimum atomic E-state index is -4.44. The quantitative estimate of drug-likeness (QED) is 0.193. The van der Waals surface area contributed by atoms with Gasteiger partial charge in [0.15, 0.2) is 0 Å². The lowest BCUT2D eigenvalue weighted by atomic mass is 9.86. The Labute approximate surface area is 249 Å². The van der Waals surface area contributed by atoms with Crippen molar-refractivity contribution in [2.45, 2.75) is 39.0 Å². The monoisotopic (exact) mass is 603 g/mol. The van der Waals surface area contributed by atoms with Gasteiger partial charge in [-0.1, -0.05) is 30.7 Å². The van der Waals surface area contributed by atoms with Crippen LogP contribution in [0.1, 0.15) is 39.7 Å². The molecule has 0 atom stereocenters. The second kappa shape index (κ2) is 12.2. The summed E-state index contributed by atoms with van der Waals surface area (Å²) in [6, 6.07) is 13.4. The Hall–Kier alpha value is -4.82. The summed E-state index contributed by atoms with van der Waals surface area (Å²) in [5, 5.41) is 10.2. The maximum atomic E-state index is 14.3. The number of ether oxygens (including phenoxy) is 1. The molecule has 0 unspecified atom stereocenters. The van der Waals surface area contributed by atoms with E-state index < -0.39 is 32.0 Å². The van der Waals surface area contributed by atoms with Crippen LogP contribution in [-0.4, -0.2) is 25.5 Å². The van der Waals surface area contributed by atoms with E-state index in [1.54, 1.807) is 12.1 Å². The van der Waals surface area contributed by atoms with Crippen LogP contribution >= 0.6 is 0 Å². The number of hydrogen-bond donors (Lipinski definition) is 2. The summed E-state index contributed by atoms with van der Waals surface area (Å²) in [4.78, 5) is 8.10. The number of fused-ring (bicyclic) bond motifs is 1. The fraction of sp³-hybridized carbons (Fsp3) is 0.219. The minimum absolute atomic E-state index is 0.0291. The van der Waals surface area contributed by atoms with Gasteiger partial charge in [0.2, 0.25) is 5.88 Å². The summed E-state index contributed by atoms with van der Waals surface area (Å²) >= 11 is 0. The molecule has 11 heteroatoms. The lowest BCUT2D eigenvalue weighted by Gasteiger charge is -2.16. The smallest absolute Gasteiger partial charge is 0.264 e. The number of nitrogen functional groups attached to an aromatic ring is 1. The van der Waals surface area contributed by atoms with Crippen LogP contribution in [0, 0.1) is 28.4 Å². The van der Waals surface area contributed by atoms with E-state index in [1.807, 2.05) is 52.0 Å². The molecular weight excluding hydrogens is 572 g/mol. The summed E-state index contributed by atoms with van der Waals surface area (Å²) in [6.07, 6.45) is 6.07. The van der Waals surface area contributed by atoms with Crippen molar-refractivity contribution >= 4 is 38.0 Å². The lowest BCUT2D eigenvalue weighted by Crippen LogP contribution is -2.15. The van der Waals surface area contributed by atoms with E-state index in [0.29, 0.717) is 34.9 Å². The summed E-state index contributed by atoms with van der Waals surface area (Å²) in [6.45, 7) is 7.64. The van der Waals surface area contributed by atoms with Gasteiger partial charge >= 0.3 is 0 Å². The van der Waals surface area contributed by atoms with Gasteiger partial charge in [0.1, 0.15) is 28.0 Å². The van der Waals surface area contributed by atoms with Crippen molar-refractivity contribution in [3.8, 4) is 23.1 Å². The Bertz CT molecular complexity index is 1930. The lowest BCUT2D eigenvalue weighted by molar-refractivity contribution is 0.400. The first kappa shape index (κ1) is 31.1. The molecule has 0 radical (unpaired) electrons. The normalized spacial score (nSPS) is 12.7. The van der Waals surface area contributed by atoms with E-state index in [9.17, 15) is 22.5 Å².